The summed E-state index contributed by atoms with van der Waals surface area (Å²) in [6, 6.07) is 10.0. The summed E-state index contributed by atoms with van der Waals surface area (Å²) in [5.41, 5.74) is 2.22. The number of aryl methyl sites for hydroxylation is 1. The minimum atomic E-state index is -0.509. The van der Waals surface area contributed by atoms with Gasteiger partial charge in [0.15, 0.2) is 0 Å². The second kappa shape index (κ2) is 20.5. The number of amides is 2. The van der Waals surface area contributed by atoms with Gasteiger partial charge < -0.3 is 29.6 Å². The lowest BCUT2D eigenvalue weighted by Crippen LogP contribution is -2.44. The van der Waals surface area contributed by atoms with E-state index >= 15 is 0 Å². The first-order chi connectivity index (χ1) is 23.0. The van der Waals surface area contributed by atoms with E-state index in [9.17, 15) is 19.2 Å². The van der Waals surface area contributed by atoms with Crippen LogP contribution in [0.15, 0.2) is 54.1 Å². The highest BCUT2D eigenvalue weighted by Gasteiger charge is 2.42. The maximum atomic E-state index is 12.6. The van der Waals surface area contributed by atoms with Crippen LogP contribution in [-0.2, 0) is 35.0 Å². The van der Waals surface area contributed by atoms with Crippen molar-refractivity contribution in [2.45, 2.75) is 97.8 Å². The number of esters is 2. The van der Waals surface area contributed by atoms with Crippen molar-refractivity contribution in [3.05, 3.63) is 59.7 Å². The lowest BCUT2D eigenvalue weighted by molar-refractivity contribution is -0.147. The molecule has 0 spiro atoms. The zero-order chi connectivity index (χ0) is 34.7. The first-order valence-electron chi connectivity index (χ1n) is 17.5. The van der Waals surface area contributed by atoms with Crippen LogP contribution in [0.1, 0.15) is 97.0 Å². The quantitative estimate of drug-likeness (QED) is 0.0899. The molecule has 1 fully saturated rings. The van der Waals surface area contributed by atoms with Crippen LogP contribution >= 0.6 is 0 Å². The number of benzene rings is 1. The third kappa shape index (κ3) is 16.3. The van der Waals surface area contributed by atoms with Gasteiger partial charge in [0.05, 0.1) is 26.4 Å². The SMILES string of the molecule is CC1(C)CC(CC(=O)OCCCOC(=O)CCCc2ccccc2)CC(C)(CNC(=O)OCCCOC(=O)NCCC2=CCCC=C2)C1. The second-order valence-electron chi connectivity index (χ2n) is 14.2. The van der Waals surface area contributed by atoms with Crippen LogP contribution in [0.2, 0.25) is 0 Å². The standard InChI is InChI=1S/C38H56N2O8/c1-37(2)26-32(25-34(42)46-22-11-21-45-33(41)18-10-17-30-13-6-4-7-14-30)27-38(3,28-37)29-40-36(44)48-24-12-23-47-35(43)39-20-19-31-15-8-5-9-16-31/h4,6-8,13-16,32H,5,9-12,17-29H2,1-3H3,(H,39,43)(H,40,44). The van der Waals surface area contributed by atoms with Gasteiger partial charge in [0.2, 0.25) is 0 Å². The molecule has 0 radical (unpaired) electrons. The molecule has 0 heterocycles. The van der Waals surface area contributed by atoms with Crippen LogP contribution in [0, 0.1) is 16.7 Å². The molecule has 1 aromatic rings. The van der Waals surface area contributed by atoms with Gasteiger partial charge in [-0.15, -0.1) is 0 Å². The number of carbonyl (C=O) groups is 4. The van der Waals surface area contributed by atoms with Gasteiger partial charge in [-0.3, -0.25) is 9.59 Å². The predicted molar refractivity (Wildman–Crippen MR) is 184 cm³/mol. The molecule has 3 rings (SSSR count). The third-order valence-corrected chi connectivity index (χ3v) is 8.66. The Kier molecular flexibility index (Phi) is 16.5. The molecule has 2 N–H and O–H groups in total. The number of hydrogen-bond donors (Lipinski definition) is 2. The summed E-state index contributed by atoms with van der Waals surface area (Å²) in [4.78, 5) is 48.9. The van der Waals surface area contributed by atoms with Gasteiger partial charge in [0.25, 0.3) is 0 Å². The van der Waals surface area contributed by atoms with E-state index in [0.29, 0.717) is 38.8 Å². The zero-order valence-corrected chi connectivity index (χ0v) is 29.2. The molecular formula is C38H56N2O8. The minimum absolute atomic E-state index is 0.000202. The van der Waals surface area contributed by atoms with Gasteiger partial charge in [-0.2, -0.15) is 0 Å². The normalized spacial score (nSPS) is 19.8. The van der Waals surface area contributed by atoms with Gasteiger partial charge in [0, 0.05) is 38.8 Å². The van der Waals surface area contributed by atoms with Crippen LogP contribution in [0.25, 0.3) is 0 Å². The number of hydrogen-bond acceptors (Lipinski definition) is 8. The molecule has 2 atom stereocenters. The summed E-state index contributed by atoms with van der Waals surface area (Å²) in [6.45, 7) is 8.20. The summed E-state index contributed by atoms with van der Waals surface area (Å²) >= 11 is 0. The number of ether oxygens (including phenoxy) is 4. The fourth-order valence-corrected chi connectivity index (χ4v) is 6.95. The molecule has 0 saturated heterocycles. The lowest BCUT2D eigenvalue weighted by atomic mass is 9.60. The van der Waals surface area contributed by atoms with Crippen molar-refractivity contribution in [3.8, 4) is 0 Å². The number of carbonyl (C=O) groups excluding carboxylic acids is 4. The van der Waals surface area contributed by atoms with E-state index in [1.807, 2.05) is 30.3 Å². The van der Waals surface area contributed by atoms with Gasteiger partial charge in [-0.1, -0.05) is 74.9 Å². The highest BCUT2D eigenvalue weighted by Crippen LogP contribution is 2.49. The molecule has 2 aliphatic rings. The molecule has 266 valence electrons. The number of allylic oxidation sites excluding steroid dienone is 3. The molecule has 48 heavy (non-hydrogen) atoms. The second-order valence-corrected chi connectivity index (χ2v) is 14.2. The molecule has 1 saturated carbocycles. The van der Waals surface area contributed by atoms with Crippen LogP contribution in [0.3, 0.4) is 0 Å². The summed E-state index contributed by atoms with van der Waals surface area (Å²) in [5.74, 6) is -0.356. The smallest absolute Gasteiger partial charge is 0.407 e. The molecule has 0 aromatic heterocycles. The van der Waals surface area contributed by atoms with Crippen LogP contribution in [-0.4, -0.2) is 63.6 Å². The predicted octanol–water partition coefficient (Wildman–Crippen LogP) is 7.22. The average Bonchev–Trinajstić information content (AvgIpc) is 3.03. The molecule has 2 aliphatic carbocycles. The Labute approximate surface area is 286 Å². The Morgan fingerprint density at radius 1 is 0.771 bits per heavy atom. The monoisotopic (exact) mass is 668 g/mol. The van der Waals surface area contributed by atoms with E-state index in [2.05, 4.69) is 49.6 Å². The highest BCUT2D eigenvalue weighted by atomic mass is 16.6. The summed E-state index contributed by atoms with van der Waals surface area (Å²) in [7, 11) is 0. The number of nitrogens with one attached hydrogen (secondary N) is 2. The van der Waals surface area contributed by atoms with Gasteiger partial charge >= 0.3 is 24.1 Å². The van der Waals surface area contributed by atoms with Gasteiger partial charge in [-0.05, 0) is 73.7 Å². The molecule has 1 aromatic carbocycles. The van der Waals surface area contributed by atoms with Crippen molar-refractivity contribution in [2.75, 3.05) is 39.5 Å². The molecule has 2 amide bonds. The Hall–Kier alpha value is -3.82. The van der Waals surface area contributed by atoms with Crippen LogP contribution in [0.4, 0.5) is 9.59 Å². The van der Waals surface area contributed by atoms with E-state index in [4.69, 9.17) is 18.9 Å². The Morgan fingerprint density at radius 3 is 2.12 bits per heavy atom. The first-order valence-corrected chi connectivity index (χ1v) is 17.5. The van der Waals surface area contributed by atoms with E-state index in [0.717, 1.165) is 51.4 Å². The number of alkyl carbamates (subject to hydrolysis) is 2. The van der Waals surface area contributed by atoms with Gasteiger partial charge in [-0.25, -0.2) is 9.59 Å². The van der Waals surface area contributed by atoms with E-state index in [-0.39, 0.29) is 55.1 Å². The molecule has 10 nitrogen and oxygen atoms in total. The average molecular weight is 669 g/mol. The third-order valence-electron chi connectivity index (χ3n) is 8.66. The molecular weight excluding hydrogens is 612 g/mol. The Bertz CT molecular complexity index is 1230. The largest absolute Gasteiger partial charge is 0.466 e. The van der Waals surface area contributed by atoms with E-state index < -0.39 is 12.2 Å². The van der Waals surface area contributed by atoms with Crippen molar-refractivity contribution in [3.63, 3.8) is 0 Å². The molecule has 2 unspecified atom stereocenters. The minimum Gasteiger partial charge on any atom is -0.466 e. The van der Waals surface area contributed by atoms with Crippen molar-refractivity contribution in [2.24, 2.45) is 16.7 Å². The summed E-state index contributed by atoms with van der Waals surface area (Å²) in [5, 5.41) is 5.63. The van der Waals surface area contributed by atoms with Crippen molar-refractivity contribution >= 4 is 24.1 Å². The van der Waals surface area contributed by atoms with Crippen molar-refractivity contribution in [1.82, 2.24) is 10.6 Å². The Morgan fingerprint density at radius 2 is 1.44 bits per heavy atom. The molecule has 0 bridgehead atoms. The molecule has 0 aliphatic heterocycles. The summed E-state index contributed by atoms with van der Waals surface area (Å²) < 4.78 is 21.2. The first kappa shape index (κ1) is 38.6. The maximum absolute atomic E-state index is 12.6. The fraction of sp³-hybridized carbons (Fsp3) is 0.632. The van der Waals surface area contributed by atoms with Crippen LogP contribution < -0.4 is 10.6 Å². The molecule has 10 heteroatoms. The van der Waals surface area contributed by atoms with Crippen molar-refractivity contribution < 1.29 is 38.1 Å². The maximum Gasteiger partial charge on any atom is 0.407 e. The van der Waals surface area contributed by atoms with E-state index in [1.54, 1.807) is 0 Å². The Balaban J connectivity index is 1.23. The summed E-state index contributed by atoms with van der Waals surface area (Å²) in [6.07, 6.45) is 14.0. The number of rotatable bonds is 19. The highest BCUT2D eigenvalue weighted by molar-refractivity contribution is 5.70. The van der Waals surface area contributed by atoms with Crippen molar-refractivity contribution in [1.29, 1.82) is 0 Å². The zero-order valence-electron chi connectivity index (χ0n) is 29.2. The lowest BCUT2D eigenvalue weighted by Gasteiger charge is -2.46. The van der Waals surface area contributed by atoms with E-state index in [1.165, 1.54) is 11.1 Å². The topological polar surface area (TPSA) is 129 Å². The van der Waals surface area contributed by atoms with Crippen LogP contribution in [0.5, 0.6) is 0 Å². The van der Waals surface area contributed by atoms with Gasteiger partial charge in [0.1, 0.15) is 0 Å². The fourth-order valence-electron chi connectivity index (χ4n) is 6.95.